The topological polar surface area (TPSA) is 0 Å². The first-order valence-corrected chi connectivity index (χ1v) is 12.2. The van der Waals surface area contributed by atoms with E-state index < -0.39 is 0 Å². The van der Waals surface area contributed by atoms with E-state index in [1.54, 1.807) is 0 Å². The number of fused-ring (bicyclic) bond motifs is 3. The maximum absolute atomic E-state index is 2.49. The Labute approximate surface area is 194 Å². The third-order valence-electron chi connectivity index (χ3n) is 8.31. The van der Waals surface area contributed by atoms with Crippen LogP contribution in [0.4, 0.5) is 0 Å². The minimum absolute atomic E-state index is 0.103. The molecular formula is C33H26. The minimum atomic E-state index is 0.103. The Morgan fingerprint density at radius 3 is 1.94 bits per heavy atom. The molecule has 0 atom stereocenters. The molecule has 0 spiro atoms. The number of benzene rings is 6. The molecule has 0 saturated carbocycles. The molecule has 1 aliphatic rings. The van der Waals surface area contributed by atoms with Crippen molar-refractivity contribution in [2.24, 2.45) is 0 Å². The first-order chi connectivity index (χ1) is 16.2. The van der Waals surface area contributed by atoms with Crippen molar-refractivity contribution < 1.29 is 0 Å². The Kier molecular flexibility index (Phi) is 3.82. The zero-order chi connectivity index (χ0) is 22.2. The van der Waals surface area contributed by atoms with Crippen molar-refractivity contribution in [2.75, 3.05) is 0 Å². The van der Waals surface area contributed by atoms with Gasteiger partial charge < -0.3 is 0 Å². The van der Waals surface area contributed by atoms with Crippen LogP contribution in [0, 0.1) is 0 Å². The molecular weight excluding hydrogens is 396 g/mol. The first kappa shape index (κ1) is 18.9. The summed E-state index contributed by atoms with van der Waals surface area (Å²) >= 11 is 0. The van der Waals surface area contributed by atoms with Crippen LogP contribution >= 0.6 is 0 Å². The van der Waals surface area contributed by atoms with Crippen LogP contribution in [0.25, 0.3) is 54.6 Å². The first-order valence-electron chi connectivity index (χ1n) is 12.2. The predicted molar refractivity (Wildman–Crippen MR) is 142 cm³/mol. The van der Waals surface area contributed by atoms with Crippen molar-refractivity contribution in [2.45, 2.75) is 32.1 Å². The van der Waals surface area contributed by atoms with E-state index in [9.17, 15) is 0 Å². The fraction of sp³-hybridized carbons (Fsp3) is 0.152. The standard InChI is InChI=1S/C33H26/c1-3-33(4-2)29-11-6-5-10-26(29)27-18-16-24(20-30(27)33)25-17-14-23-13-12-21-8-7-9-22-15-19-28(25)32(23)31(21)22/h5-20H,3-4H2,1-2H3. The fourth-order valence-corrected chi connectivity index (χ4v) is 6.62. The molecule has 6 aromatic carbocycles. The highest BCUT2D eigenvalue weighted by Crippen LogP contribution is 2.53. The van der Waals surface area contributed by atoms with Crippen LogP contribution in [0.1, 0.15) is 37.8 Å². The van der Waals surface area contributed by atoms with Crippen molar-refractivity contribution in [3.8, 4) is 22.3 Å². The second-order valence-electron chi connectivity index (χ2n) is 9.56. The Hall–Kier alpha value is -3.64. The molecule has 1 aliphatic carbocycles. The van der Waals surface area contributed by atoms with Crippen molar-refractivity contribution >= 4 is 32.3 Å². The van der Waals surface area contributed by atoms with Gasteiger partial charge in [0.2, 0.25) is 0 Å². The summed E-state index contributed by atoms with van der Waals surface area (Å²) < 4.78 is 0. The van der Waals surface area contributed by atoms with Crippen LogP contribution < -0.4 is 0 Å². The normalized spacial score (nSPS) is 14.2. The van der Waals surface area contributed by atoms with Gasteiger partial charge in [-0.1, -0.05) is 105 Å². The second-order valence-corrected chi connectivity index (χ2v) is 9.56. The molecule has 0 heteroatoms. The van der Waals surface area contributed by atoms with E-state index in [1.165, 1.54) is 65.7 Å². The highest BCUT2D eigenvalue weighted by molar-refractivity contribution is 6.25. The van der Waals surface area contributed by atoms with Gasteiger partial charge in [0.25, 0.3) is 0 Å². The molecule has 0 saturated heterocycles. The van der Waals surface area contributed by atoms with Gasteiger partial charge in [-0.15, -0.1) is 0 Å². The molecule has 0 bridgehead atoms. The summed E-state index contributed by atoms with van der Waals surface area (Å²) in [4.78, 5) is 0. The van der Waals surface area contributed by atoms with Crippen LogP contribution in [0.3, 0.4) is 0 Å². The monoisotopic (exact) mass is 422 g/mol. The lowest BCUT2D eigenvalue weighted by Gasteiger charge is -2.30. The van der Waals surface area contributed by atoms with Gasteiger partial charge in [-0.05, 0) is 84.6 Å². The average Bonchev–Trinajstić information content (AvgIpc) is 3.16. The van der Waals surface area contributed by atoms with Gasteiger partial charge in [0, 0.05) is 5.41 Å². The van der Waals surface area contributed by atoms with Crippen LogP contribution in [-0.2, 0) is 5.41 Å². The van der Waals surface area contributed by atoms with Crippen LogP contribution in [-0.4, -0.2) is 0 Å². The molecule has 0 radical (unpaired) electrons. The second kappa shape index (κ2) is 6.68. The van der Waals surface area contributed by atoms with Gasteiger partial charge >= 0.3 is 0 Å². The molecule has 0 unspecified atom stereocenters. The summed E-state index contributed by atoms with van der Waals surface area (Å²) in [6.07, 6.45) is 2.24. The number of hydrogen-bond donors (Lipinski definition) is 0. The smallest absolute Gasteiger partial charge is 0.0210 e. The minimum Gasteiger partial charge on any atom is -0.0642 e. The van der Waals surface area contributed by atoms with Gasteiger partial charge in [0.1, 0.15) is 0 Å². The van der Waals surface area contributed by atoms with Gasteiger partial charge in [-0.2, -0.15) is 0 Å². The highest BCUT2D eigenvalue weighted by atomic mass is 14.4. The molecule has 0 aromatic heterocycles. The van der Waals surface area contributed by atoms with Gasteiger partial charge in [0.05, 0.1) is 0 Å². The van der Waals surface area contributed by atoms with E-state index in [0.717, 1.165) is 12.8 Å². The molecule has 7 rings (SSSR count). The summed E-state index contributed by atoms with van der Waals surface area (Å²) in [6.45, 7) is 4.69. The summed E-state index contributed by atoms with van der Waals surface area (Å²) in [5.74, 6) is 0. The summed E-state index contributed by atoms with van der Waals surface area (Å²) in [6, 6.07) is 36.6. The Morgan fingerprint density at radius 1 is 0.515 bits per heavy atom. The third-order valence-corrected chi connectivity index (χ3v) is 8.31. The lowest BCUT2D eigenvalue weighted by Crippen LogP contribution is -2.23. The van der Waals surface area contributed by atoms with Gasteiger partial charge in [0.15, 0.2) is 0 Å². The molecule has 158 valence electrons. The SMILES string of the molecule is CCC1(CC)c2ccccc2-c2ccc(-c3ccc4ccc5cccc6ccc3c4c56)cc21. The van der Waals surface area contributed by atoms with E-state index >= 15 is 0 Å². The lowest BCUT2D eigenvalue weighted by molar-refractivity contribution is 0.490. The zero-order valence-corrected chi connectivity index (χ0v) is 19.2. The van der Waals surface area contributed by atoms with E-state index in [1.807, 2.05) is 0 Å². The number of hydrogen-bond acceptors (Lipinski definition) is 0. The zero-order valence-electron chi connectivity index (χ0n) is 19.2. The summed E-state index contributed by atoms with van der Waals surface area (Å²) in [7, 11) is 0. The number of rotatable bonds is 3. The Balaban J connectivity index is 1.52. The van der Waals surface area contributed by atoms with Crippen LogP contribution in [0.5, 0.6) is 0 Å². The van der Waals surface area contributed by atoms with E-state index in [4.69, 9.17) is 0 Å². The molecule has 0 heterocycles. The van der Waals surface area contributed by atoms with E-state index in [2.05, 4.69) is 111 Å². The van der Waals surface area contributed by atoms with Crippen molar-refractivity contribution in [3.63, 3.8) is 0 Å². The Bertz CT molecular complexity index is 1660. The van der Waals surface area contributed by atoms with Crippen LogP contribution in [0.2, 0.25) is 0 Å². The van der Waals surface area contributed by atoms with E-state index in [0.29, 0.717) is 0 Å². The van der Waals surface area contributed by atoms with Crippen LogP contribution in [0.15, 0.2) is 97.1 Å². The van der Waals surface area contributed by atoms with Gasteiger partial charge in [-0.25, -0.2) is 0 Å². The lowest BCUT2D eigenvalue weighted by atomic mass is 9.73. The molecule has 0 aliphatic heterocycles. The van der Waals surface area contributed by atoms with Crippen molar-refractivity contribution in [1.82, 2.24) is 0 Å². The molecule has 0 nitrogen and oxygen atoms in total. The van der Waals surface area contributed by atoms with E-state index in [-0.39, 0.29) is 5.41 Å². The Morgan fingerprint density at radius 2 is 1.15 bits per heavy atom. The quantitative estimate of drug-likeness (QED) is 0.249. The maximum atomic E-state index is 2.49. The highest BCUT2D eigenvalue weighted by Gasteiger charge is 2.40. The third kappa shape index (κ3) is 2.36. The largest absolute Gasteiger partial charge is 0.0642 e. The fourth-order valence-electron chi connectivity index (χ4n) is 6.62. The summed E-state index contributed by atoms with van der Waals surface area (Å²) in [5.41, 5.74) is 8.58. The van der Waals surface area contributed by atoms with Gasteiger partial charge in [-0.3, -0.25) is 0 Å². The maximum Gasteiger partial charge on any atom is 0.0210 e. The predicted octanol–water partition coefficient (Wildman–Crippen LogP) is 9.34. The molecule has 0 amide bonds. The average molecular weight is 423 g/mol. The molecule has 0 fully saturated rings. The molecule has 6 aromatic rings. The van der Waals surface area contributed by atoms with Crippen molar-refractivity contribution in [1.29, 1.82) is 0 Å². The molecule has 0 N–H and O–H groups in total. The molecule has 33 heavy (non-hydrogen) atoms. The van der Waals surface area contributed by atoms with Crippen molar-refractivity contribution in [3.05, 3.63) is 108 Å². The summed E-state index contributed by atoms with van der Waals surface area (Å²) in [5, 5.41) is 8.10.